The van der Waals surface area contributed by atoms with Crippen LogP contribution < -0.4 is 10.2 Å². The molecule has 0 bridgehead atoms. The lowest BCUT2D eigenvalue weighted by Crippen LogP contribution is -2.31. The van der Waals surface area contributed by atoms with Crippen LogP contribution in [0.15, 0.2) is 48.5 Å². The summed E-state index contributed by atoms with van der Waals surface area (Å²) in [6.07, 6.45) is 2.27. The lowest BCUT2D eigenvalue weighted by molar-refractivity contribution is -0.121. The predicted octanol–water partition coefficient (Wildman–Crippen LogP) is 3.24. The summed E-state index contributed by atoms with van der Waals surface area (Å²) in [6, 6.07) is 16.0. The molecule has 1 aliphatic rings. The van der Waals surface area contributed by atoms with Crippen molar-refractivity contribution in [1.82, 2.24) is 5.32 Å². The molecular formula is C23H28N2O3. The molecule has 2 aromatic rings. The normalized spacial score (nSPS) is 13.2. The van der Waals surface area contributed by atoms with Crippen LogP contribution in [-0.2, 0) is 27.3 Å². The molecule has 1 aliphatic carbocycles. The predicted molar refractivity (Wildman–Crippen MR) is 110 cm³/mol. The van der Waals surface area contributed by atoms with Gasteiger partial charge in [-0.25, -0.2) is 0 Å². The van der Waals surface area contributed by atoms with Crippen LogP contribution in [0, 0.1) is 12.8 Å². The van der Waals surface area contributed by atoms with Crippen LogP contribution in [0.3, 0.4) is 0 Å². The van der Waals surface area contributed by atoms with E-state index in [9.17, 15) is 9.59 Å². The summed E-state index contributed by atoms with van der Waals surface area (Å²) in [4.78, 5) is 26.7. The van der Waals surface area contributed by atoms with Gasteiger partial charge in [0.05, 0.1) is 19.6 Å². The number of hydrogen-bond acceptors (Lipinski definition) is 3. The number of amides is 2. The first-order chi connectivity index (χ1) is 13.6. The molecule has 1 fully saturated rings. The van der Waals surface area contributed by atoms with Crippen molar-refractivity contribution in [3.8, 4) is 0 Å². The first-order valence-electron chi connectivity index (χ1n) is 9.78. The number of carbonyl (C=O) groups excluding carboxylic acids is 2. The number of ether oxygens (including phenoxy) is 1. The highest BCUT2D eigenvalue weighted by atomic mass is 16.5. The van der Waals surface area contributed by atoms with E-state index in [0.717, 1.165) is 29.7 Å². The number of carbonyl (C=O) groups is 2. The zero-order valence-corrected chi connectivity index (χ0v) is 16.6. The van der Waals surface area contributed by atoms with Gasteiger partial charge in [-0.3, -0.25) is 9.59 Å². The maximum atomic E-state index is 12.8. The summed E-state index contributed by atoms with van der Waals surface area (Å²) in [5.74, 6) is 0.303. The van der Waals surface area contributed by atoms with Crippen LogP contribution in [0.25, 0.3) is 0 Å². The molecule has 1 N–H and O–H groups in total. The molecule has 0 aliphatic heterocycles. The highest BCUT2D eigenvalue weighted by Crippen LogP contribution is 2.33. The average Bonchev–Trinajstić information content (AvgIpc) is 3.53. The average molecular weight is 380 g/mol. The van der Waals surface area contributed by atoms with E-state index in [1.165, 1.54) is 5.56 Å². The van der Waals surface area contributed by atoms with Crippen molar-refractivity contribution >= 4 is 17.5 Å². The third-order valence-electron chi connectivity index (χ3n) is 4.89. The summed E-state index contributed by atoms with van der Waals surface area (Å²) in [5, 5.41) is 2.82. The van der Waals surface area contributed by atoms with Crippen molar-refractivity contribution in [3.63, 3.8) is 0 Å². The van der Waals surface area contributed by atoms with Gasteiger partial charge < -0.3 is 15.0 Å². The summed E-state index contributed by atoms with van der Waals surface area (Å²) in [6.45, 7) is 3.63. The number of hydrogen-bond donors (Lipinski definition) is 1. The van der Waals surface area contributed by atoms with Gasteiger partial charge in [0.2, 0.25) is 11.8 Å². The smallest absolute Gasteiger partial charge is 0.230 e. The molecule has 2 amide bonds. The van der Waals surface area contributed by atoms with Crippen molar-refractivity contribution in [2.24, 2.45) is 5.92 Å². The van der Waals surface area contributed by atoms with Crippen molar-refractivity contribution in [2.45, 2.75) is 32.7 Å². The minimum Gasteiger partial charge on any atom is -0.383 e. The Hall–Kier alpha value is -2.66. The van der Waals surface area contributed by atoms with Gasteiger partial charge >= 0.3 is 0 Å². The second-order valence-corrected chi connectivity index (χ2v) is 7.37. The molecule has 0 radical (unpaired) electrons. The summed E-state index contributed by atoms with van der Waals surface area (Å²) >= 11 is 0. The molecule has 1 saturated carbocycles. The molecule has 0 atom stereocenters. The zero-order valence-electron chi connectivity index (χ0n) is 16.6. The molecule has 148 valence electrons. The molecule has 28 heavy (non-hydrogen) atoms. The monoisotopic (exact) mass is 380 g/mol. The Morgan fingerprint density at radius 1 is 1.04 bits per heavy atom. The molecule has 0 saturated heterocycles. The topological polar surface area (TPSA) is 58.6 Å². The van der Waals surface area contributed by atoms with Crippen molar-refractivity contribution in [3.05, 3.63) is 65.2 Å². The minimum absolute atomic E-state index is 0.0321. The van der Waals surface area contributed by atoms with Gasteiger partial charge in [0, 0.05) is 25.3 Å². The van der Waals surface area contributed by atoms with E-state index in [0.29, 0.717) is 26.1 Å². The van der Waals surface area contributed by atoms with Crippen LogP contribution in [0.2, 0.25) is 0 Å². The maximum Gasteiger partial charge on any atom is 0.230 e. The van der Waals surface area contributed by atoms with E-state index in [1.807, 2.05) is 29.2 Å². The van der Waals surface area contributed by atoms with E-state index < -0.39 is 0 Å². The maximum absolute atomic E-state index is 12.8. The third-order valence-corrected chi connectivity index (χ3v) is 4.89. The molecule has 2 aromatic carbocycles. The molecular weight excluding hydrogens is 352 g/mol. The van der Waals surface area contributed by atoms with Crippen LogP contribution in [0.1, 0.15) is 29.5 Å². The second kappa shape index (κ2) is 9.51. The quantitative estimate of drug-likeness (QED) is 0.680. The number of anilines is 1. The van der Waals surface area contributed by atoms with Gasteiger partial charge in [0.25, 0.3) is 0 Å². The Kier molecular flexibility index (Phi) is 6.82. The molecule has 0 aromatic heterocycles. The third kappa shape index (κ3) is 5.67. The fraction of sp³-hybridized carbons (Fsp3) is 0.391. The Morgan fingerprint density at radius 3 is 2.29 bits per heavy atom. The Balaban J connectivity index is 1.68. The van der Waals surface area contributed by atoms with E-state index in [2.05, 4.69) is 36.5 Å². The fourth-order valence-electron chi connectivity index (χ4n) is 3.06. The van der Waals surface area contributed by atoms with Crippen LogP contribution in [0.4, 0.5) is 5.69 Å². The lowest BCUT2D eigenvalue weighted by Gasteiger charge is -2.23. The number of benzene rings is 2. The summed E-state index contributed by atoms with van der Waals surface area (Å²) < 4.78 is 4.93. The van der Waals surface area contributed by atoms with Gasteiger partial charge in [0.1, 0.15) is 0 Å². The standard InChI is InChI=1S/C23H28N2O3/c1-17-3-5-19(6-4-17)16-25(23(27)20-9-10-20)21-11-7-18(8-12-21)15-22(26)24-13-14-28-2/h3-8,11-12,20H,9-10,13-16H2,1-2H3,(H,24,26). The molecule has 5 heteroatoms. The van der Waals surface area contributed by atoms with Gasteiger partial charge in [-0.05, 0) is 43.0 Å². The van der Waals surface area contributed by atoms with Crippen molar-refractivity contribution in [1.29, 1.82) is 0 Å². The number of methoxy groups -OCH3 is 1. The van der Waals surface area contributed by atoms with Crippen LogP contribution >= 0.6 is 0 Å². The van der Waals surface area contributed by atoms with Gasteiger partial charge in [0.15, 0.2) is 0 Å². The van der Waals surface area contributed by atoms with E-state index in [-0.39, 0.29) is 17.7 Å². The fourth-order valence-corrected chi connectivity index (χ4v) is 3.06. The lowest BCUT2D eigenvalue weighted by atomic mass is 10.1. The largest absolute Gasteiger partial charge is 0.383 e. The molecule has 5 nitrogen and oxygen atoms in total. The van der Waals surface area contributed by atoms with Gasteiger partial charge in [-0.1, -0.05) is 42.0 Å². The second-order valence-electron chi connectivity index (χ2n) is 7.37. The SMILES string of the molecule is COCCNC(=O)Cc1ccc(N(Cc2ccc(C)cc2)C(=O)C2CC2)cc1. The summed E-state index contributed by atoms with van der Waals surface area (Å²) in [7, 11) is 1.61. The summed E-state index contributed by atoms with van der Waals surface area (Å²) in [5.41, 5.74) is 4.12. The number of nitrogens with zero attached hydrogens (tertiary/aromatic N) is 1. The highest BCUT2D eigenvalue weighted by Gasteiger charge is 2.34. The Labute approximate surface area is 166 Å². The van der Waals surface area contributed by atoms with E-state index in [1.54, 1.807) is 7.11 Å². The van der Waals surface area contributed by atoms with E-state index >= 15 is 0 Å². The number of aryl methyl sites for hydroxylation is 1. The number of nitrogens with one attached hydrogen (secondary N) is 1. The Bertz CT molecular complexity index is 796. The highest BCUT2D eigenvalue weighted by molar-refractivity contribution is 5.96. The molecule has 3 rings (SSSR count). The molecule has 0 heterocycles. The van der Waals surface area contributed by atoms with Gasteiger partial charge in [-0.2, -0.15) is 0 Å². The Morgan fingerprint density at radius 2 is 1.68 bits per heavy atom. The van der Waals surface area contributed by atoms with Gasteiger partial charge in [-0.15, -0.1) is 0 Å². The van der Waals surface area contributed by atoms with Crippen molar-refractivity contribution < 1.29 is 14.3 Å². The zero-order chi connectivity index (χ0) is 19.9. The van der Waals surface area contributed by atoms with Crippen molar-refractivity contribution in [2.75, 3.05) is 25.2 Å². The van der Waals surface area contributed by atoms with E-state index in [4.69, 9.17) is 4.74 Å². The molecule has 0 spiro atoms. The first-order valence-corrected chi connectivity index (χ1v) is 9.78. The number of rotatable bonds is 9. The minimum atomic E-state index is -0.0321. The van der Waals surface area contributed by atoms with Crippen LogP contribution in [0.5, 0.6) is 0 Å². The molecule has 0 unspecified atom stereocenters. The van der Waals surface area contributed by atoms with Crippen LogP contribution in [-0.4, -0.2) is 32.1 Å². The first kappa shape index (κ1) is 20.1.